The van der Waals surface area contributed by atoms with Crippen molar-refractivity contribution in [1.29, 1.82) is 0 Å². The Morgan fingerprint density at radius 3 is 2.88 bits per heavy atom. The smallest absolute Gasteiger partial charge is 0.307 e. The largest absolute Gasteiger partial charge is 0.466 e. The quantitative estimate of drug-likeness (QED) is 0.764. The topological polar surface area (TPSA) is 70.1 Å². The lowest BCUT2D eigenvalue weighted by atomic mass is 10.0. The van der Waals surface area contributed by atoms with Crippen LogP contribution in [0.15, 0.2) is 12.5 Å². The van der Waals surface area contributed by atoms with Gasteiger partial charge in [0.15, 0.2) is 0 Å². The van der Waals surface area contributed by atoms with Crippen molar-refractivity contribution in [1.82, 2.24) is 9.55 Å². The third-order valence-electron chi connectivity index (χ3n) is 2.67. The number of aryl methyl sites for hydroxylation is 1. The van der Waals surface area contributed by atoms with E-state index in [1.807, 2.05) is 4.57 Å². The van der Waals surface area contributed by atoms with E-state index in [2.05, 4.69) is 18.8 Å². The third kappa shape index (κ3) is 3.85. The molecule has 0 bridgehead atoms. The lowest BCUT2D eigenvalue weighted by molar-refractivity contribution is -0.143. The Labute approximate surface area is 102 Å². The molecule has 0 aliphatic heterocycles. The Hall–Kier alpha value is -1.36. The molecule has 0 aliphatic carbocycles. The number of carbonyl (C=O) groups excluding carboxylic acids is 1. The number of hydrogen-bond acceptors (Lipinski definition) is 4. The monoisotopic (exact) mass is 239 g/mol. The molecule has 0 fully saturated rings. The van der Waals surface area contributed by atoms with E-state index in [1.165, 1.54) is 0 Å². The van der Waals surface area contributed by atoms with Crippen molar-refractivity contribution in [3.8, 4) is 0 Å². The van der Waals surface area contributed by atoms with Gasteiger partial charge >= 0.3 is 5.97 Å². The molecule has 96 valence electrons. The van der Waals surface area contributed by atoms with Crippen LogP contribution in [0.25, 0.3) is 0 Å². The number of esters is 1. The van der Waals surface area contributed by atoms with Gasteiger partial charge in [-0.25, -0.2) is 4.98 Å². The first-order valence-corrected chi connectivity index (χ1v) is 5.97. The number of carbonyl (C=O) groups is 1. The molecule has 1 aromatic rings. The molecule has 0 saturated carbocycles. The van der Waals surface area contributed by atoms with Gasteiger partial charge in [0, 0.05) is 18.8 Å². The normalized spacial score (nSPS) is 12.8. The summed E-state index contributed by atoms with van der Waals surface area (Å²) < 4.78 is 6.80. The van der Waals surface area contributed by atoms with Crippen LogP contribution in [0.2, 0.25) is 0 Å². The minimum atomic E-state index is -0.190. The summed E-state index contributed by atoms with van der Waals surface area (Å²) in [4.78, 5) is 15.3. The molecule has 0 aliphatic rings. The van der Waals surface area contributed by atoms with Gasteiger partial charge in [-0.05, 0) is 12.8 Å². The van der Waals surface area contributed by atoms with E-state index in [9.17, 15) is 4.79 Å². The van der Waals surface area contributed by atoms with Gasteiger partial charge in [0.05, 0.1) is 25.0 Å². The molecule has 0 saturated heterocycles. The van der Waals surface area contributed by atoms with Crippen LogP contribution in [0, 0.1) is 5.92 Å². The highest BCUT2D eigenvalue weighted by molar-refractivity contribution is 5.69. The molecule has 5 nitrogen and oxygen atoms in total. The van der Waals surface area contributed by atoms with Crippen LogP contribution in [0.1, 0.15) is 38.9 Å². The third-order valence-corrected chi connectivity index (χ3v) is 2.67. The number of nitrogens with zero attached hydrogens (tertiary/aromatic N) is 2. The van der Waals surface area contributed by atoms with Crippen molar-refractivity contribution in [2.45, 2.75) is 39.8 Å². The zero-order chi connectivity index (χ0) is 12.8. The molecule has 1 aromatic heterocycles. The minimum Gasteiger partial charge on any atom is -0.466 e. The SMILES string of the molecule is CCOC(=O)CCn1cncc1C(N)C(C)C. The van der Waals surface area contributed by atoms with E-state index >= 15 is 0 Å². The summed E-state index contributed by atoms with van der Waals surface area (Å²) in [5, 5.41) is 0. The van der Waals surface area contributed by atoms with Gasteiger partial charge in [0.25, 0.3) is 0 Å². The Morgan fingerprint density at radius 2 is 2.29 bits per heavy atom. The fraction of sp³-hybridized carbons (Fsp3) is 0.667. The van der Waals surface area contributed by atoms with Gasteiger partial charge < -0.3 is 15.0 Å². The molecule has 2 N–H and O–H groups in total. The Kier molecular flexibility index (Phi) is 5.15. The van der Waals surface area contributed by atoms with E-state index < -0.39 is 0 Å². The number of hydrogen-bond donors (Lipinski definition) is 1. The molecule has 0 spiro atoms. The average molecular weight is 239 g/mol. The van der Waals surface area contributed by atoms with Crippen LogP contribution in [0.4, 0.5) is 0 Å². The van der Waals surface area contributed by atoms with Crippen molar-refractivity contribution in [3.05, 3.63) is 18.2 Å². The van der Waals surface area contributed by atoms with Gasteiger partial charge in [-0.15, -0.1) is 0 Å². The van der Waals surface area contributed by atoms with Crippen LogP contribution in [0.3, 0.4) is 0 Å². The molecule has 1 rings (SSSR count). The van der Waals surface area contributed by atoms with Crippen molar-refractivity contribution >= 4 is 5.97 Å². The fourth-order valence-electron chi connectivity index (χ4n) is 1.58. The van der Waals surface area contributed by atoms with Crippen LogP contribution >= 0.6 is 0 Å². The second kappa shape index (κ2) is 6.39. The van der Waals surface area contributed by atoms with E-state index in [0.29, 0.717) is 25.5 Å². The van der Waals surface area contributed by atoms with Crippen LogP contribution in [-0.4, -0.2) is 22.1 Å². The van der Waals surface area contributed by atoms with Crippen molar-refractivity contribution in [2.75, 3.05) is 6.61 Å². The Bertz CT molecular complexity index is 360. The van der Waals surface area contributed by atoms with Crippen molar-refractivity contribution < 1.29 is 9.53 Å². The molecule has 0 amide bonds. The van der Waals surface area contributed by atoms with E-state index in [1.54, 1.807) is 19.4 Å². The molecule has 1 heterocycles. The highest BCUT2D eigenvalue weighted by atomic mass is 16.5. The molecule has 5 heteroatoms. The molecule has 1 atom stereocenters. The summed E-state index contributed by atoms with van der Waals surface area (Å²) in [7, 11) is 0. The zero-order valence-electron chi connectivity index (χ0n) is 10.7. The Balaban J connectivity index is 2.60. The van der Waals surface area contributed by atoms with E-state index in [4.69, 9.17) is 10.5 Å². The summed E-state index contributed by atoms with van der Waals surface area (Å²) in [5.74, 6) is 0.151. The molecule has 1 unspecified atom stereocenters. The molecule has 0 radical (unpaired) electrons. The van der Waals surface area contributed by atoms with Crippen molar-refractivity contribution in [3.63, 3.8) is 0 Å². The average Bonchev–Trinajstić information content (AvgIpc) is 2.73. The van der Waals surface area contributed by atoms with Crippen LogP contribution in [-0.2, 0) is 16.1 Å². The maximum absolute atomic E-state index is 11.3. The predicted molar refractivity (Wildman–Crippen MR) is 65.2 cm³/mol. The highest BCUT2D eigenvalue weighted by Crippen LogP contribution is 2.18. The molecule has 17 heavy (non-hydrogen) atoms. The summed E-state index contributed by atoms with van der Waals surface area (Å²) >= 11 is 0. The standard InChI is InChI=1S/C12H21N3O2/c1-4-17-11(16)5-6-15-8-14-7-10(15)12(13)9(2)3/h7-9,12H,4-6,13H2,1-3H3. The van der Waals surface area contributed by atoms with Gasteiger partial charge in [0.2, 0.25) is 0 Å². The van der Waals surface area contributed by atoms with Crippen molar-refractivity contribution in [2.24, 2.45) is 11.7 Å². The van der Waals surface area contributed by atoms with E-state index in [0.717, 1.165) is 5.69 Å². The summed E-state index contributed by atoms with van der Waals surface area (Å²) in [5.41, 5.74) is 7.03. The van der Waals surface area contributed by atoms with Gasteiger partial charge in [-0.2, -0.15) is 0 Å². The lowest BCUT2D eigenvalue weighted by Gasteiger charge is -2.17. The predicted octanol–water partition coefficient (Wildman–Crippen LogP) is 1.49. The first-order valence-electron chi connectivity index (χ1n) is 5.97. The number of ether oxygens (including phenoxy) is 1. The van der Waals surface area contributed by atoms with Gasteiger partial charge in [-0.3, -0.25) is 4.79 Å². The zero-order valence-corrected chi connectivity index (χ0v) is 10.7. The van der Waals surface area contributed by atoms with Gasteiger partial charge in [0.1, 0.15) is 0 Å². The molecular weight excluding hydrogens is 218 g/mol. The van der Waals surface area contributed by atoms with Crippen LogP contribution in [0.5, 0.6) is 0 Å². The first-order chi connectivity index (χ1) is 8.06. The number of aromatic nitrogens is 2. The number of rotatable bonds is 6. The lowest BCUT2D eigenvalue weighted by Crippen LogP contribution is -2.21. The van der Waals surface area contributed by atoms with Crippen LogP contribution < -0.4 is 5.73 Å². The van der Waals surface area contributed by atoms with Gasteiger partial charge in [-0.1, -0.05) is 13.8 Å². The second-order valence-electron chi connectivity index (χ2n) is 4.34. The first kappa shape index (κ1) is 13.7. The molecular formula is C12H21N3O2. The fourth-order valence-corrected chi connectivity index (χ4v) is 1.58. The minimum absolute atomic E-state index is 0.0558. The Morgan fingerprint density at radius 1 is 1.59 bits per heavy atom. The second-order valence-corrected chi connectivity index (χ2v) is 4.34. The number of nitrogens with two attached hydrogens (primary N) is 1. The highest BCUT2D eigenvalue weighted by Gasteiger charge is 2.15. The summed E-state index contributed by atoms with van der Waals surface area (Å²) in [6, 6.07) is -0.0558. The summed E-state index contributed by atoms with van der Waals surface area (Å²) in [6.45, 7) is 6.91. The molecule has 0 aromatic carbocycles. The summed E-state index contributed by atoms with van der Waals surface area (Å²) in [6.07, 6.45) is 3.81. The maximum Gasteiger partial charge on any atom is 0.307 e. The number of imidazole rings is 1. The maximum atomic E-state index is 11.3. The van der Waals surface area contributed by atoms with E-state index in [-0.39, 0.29) is 12.0 Å².